The number of rotatable bonds is 5. The van der Waals surface area contributed by atoms with Crippen LogP contribution in [0.4, 0.5) is 8.78 Å². The van der Waals surface area contributed by atoms with Crippen molar-refractivity contribution < 1.29 is 27.2 Å². The number of likely N-dealkylation sites (tertiary alicyclic amines) is 1. The van der Waals surface area contributed by atoms with Crippen molar-refractivity contribution >= 4 is 11.0 Å². The minimum Gasteiger partial charge on any atom is -0.435 e. The molecule has 150 valence electrons. The molecule has 1 atom stereocenters. The summed E-state index contributed by atoms with van der Waals surface area (Å²) in [4.78, 5) is 3.01. The van der Waals surface area contributed by atoms with Crippen LogP contribution in [0.3, 0.4) is 0 Å². The van der Waals surface area contributed by atoms with Crippen LogP contribution in [0.1, 0.15) is 12.8 Å². The van der Waals surface area contributed by atoms with Crippen LogP contribution in [0, 0.1) is 0 Å². The lowest BCUT2D eigenvalue weighted by Crippen LogP contribution is -2.72. The van der Waals surface area contributed by atoms with E-state index >= 15 is 0 Å². The topological polar surface area (TPSA) is 51.2 Å². The van der Waals surface area contributed by atoms with Crippen LogP contribution in [0.5, 0.6) is 5.75 Å². The molecule has 1 spiro atoms. The van der Waals surface area contributed by atoms with E-state index in [1.807, 2.05) is 4.31 Å². The Hall–Kier alpha value is -1.13. The molecule has 4 rings (SSSR count). The molecule has 1 aromatic rings. The Bertz CT molecular complexity index is 664. The lowest BCUT2D eigenvalue weighted by Gasteiger charge is -2.56. The van der Waals surface area contributed by atoms with Gasteiger partial charge in [0.05, 0.1) is 11.5 Å². The third kappa shape index (κ3) is 4.32. The number of alkyl halides is 2. The van der Waals surface area contributed by atoms with Crippen LogP contribution in [-0.2, 0) is 20.5 Å². The van der Waals surface area contributed by atoms with E-state index < -0.39 is 17.6 Å². The summed E-state index contributed by atoms with van der Waals surface area (Å²) in [5, 5.41) is 0. The molecule has 6 nitrogen and oxygen atoms in total. The molecule has 0 saturated carbocycles. The van der Waals surface area contributed by atoms with Crippen molar-refractivity contribution in [2.45, 2.75) is 36.0 Å². The molecular weight excluding hydrogens is 378 g/mol. The first-order chi connectivity index (χ1) is 13.0. The zero-order valence-corrected chi connectivity index (χ0v) is 15.8. The summed E-state index contributed by atoms with van der Waals surface area (Å²) in [6, 6.07) is 6.55. The zero-order chi connectivity index (χ0) is 18.9. The minimum absolute atomic E-state index is 0.0651. The smallest absolute Gasteiger partial charge is 0.387 e. The summed E-state index contributed by atoms with van der Waals surface area (Å²) < 4.78 is 55.1. The fraction of sp³-hybridized carbons (Fsp3) is 0.667. The summed E-state index contributed by atoms with van der Waals surface area (Å²) >= 11 is 0. The number of halogens is 2. The average molecular weight is 402 g/mol. The van der Waals surface area contributed by atoms with Gasteiger partial charge in [-0.25, -0.2) is 8.51 Å². The molecule has 0 aliphatic carbocycles. The van der Waals surface area contributed by atoms with E-state index in [-0.39, 0.29) is 11.4 Å². The molecule has 3 saturated heterocycles. The molecule has 3 aliphatic heterocycles. The Morgan fingerprint density at radius 3 is 2.48 bits per heavy atom. The Kier molecular flexibility index (Phi) is 5.75. The van der Waals surface area contributed by atoms with Gasteiger partial charge < -0.3 is 14.2 Å². The van der Waals surface area contributed by atoms with Gasteiger partial charge in [-0.05, 0) is 37.1 Å². The van der Waals surface area contributed by atoms with Gasteiger partial charge in [0.1, 0.15) is 22.3 Å². The standard InChI is InChI=1S/C18H24F2N2O4S/c19-17(20)26-15-1-3-16(4-2-15)27(23)22-7-10-25-18(13-22)11-21(12-18)14-5-8-24-9-6-14/h1-4,14,17H,5-13H2. The van der Waals surface area contributed by atoms with Gasteiger partial charge >= 0.3 is 6.61 Å². The van der Waals surface area contributed by atoms with Gasteiger partial charge in [0.2, 0.25) is 0 Å². The molecule has 3 heterocycles. The van der Waals surface area contributed by atoms with Crippen molar-refractivity contribution in [3.63, 3.8) is 0 Å². The molecule has 1 aromatic carbocycles. The van der Waals surface area contributed by atoms with E-state index in [1.54, 1.807) is 12.1 Å². The number of hydrogen-bond donors (Lipinski definition) is 0. The summed E-state index contributed by atoms with van der Waals surface area (Å²) in [5.74, 6) is 0.0651. The molecule has 0 aromatic heterocycles. The second-order valence-corrected chi connectivity index (χ2v) is 8.73. The maximum atomic E-state index is 12.9. The normalized spacial score (nSPS) is 25.4. The fourth-order valence-electron chi connectivity index (χ4n) is 4.03. The summed E-state index contributed by atoms with van der Waals surface area (Å²) in [5.41, 5.74) is -0.259. The Morgan fingerprint density at radius 2 is 1.81 bits per heavy atom. The number of ether oxygens (including phenoxy) is 3. The minimum atomic E-state index is -2.86. The highest BCUT2D eigenvalue weighted by molar-refractivity contribution is 7.82. The highest BCUT2D eigenvalue weighted by Gasteiger charge is 2.50. The SMILES string of the molecule is O=S(c1ccc(OC(F)F)cc1)N1CCOC2(CN(C3CCOCC3)C2)C1. The van der Waals surface area contributed by atoms with Crippen LogP contribution in [0.2, 0.25) is 0 Å². The molecule has 0 N–H and O–H groups in total. The molecule has 3 aliphatic rings. The fourth-order valence-corrected chi connectivity index (χ4v) is 5.29. The number of benzene rings is 1. The lowest BCUT2D eigenvalue weighted by atomic mass is 9.89. The van der Waals surface area contributed by atoms with E-state index in [0.29, 0.717) is 30.6 Å². The number of hydrogen-bond acceptors (Lipinski definition) is 5. The van der Waals surface area contributed by atoms with Crippen LogP contribution in [0.15, 0.2) is 29.2 Å². The van der Waals surface area contributed by atoms with Crippen molar-refractivity contribution in [1.29, 1.82) is 0 Å². The molecule has 0 amide bonds. The third-order valence-electron chi connectivity index (χ3n) is 5.39. The quantitative estimate of drug-likeness (QED) is 0.753. The second kappa shape index (κ2) is 8.08. The van der Waals surface area contributed by atoms with Crippen molar-refractivity contribution in [3.8, 4) is 5.75 Å². The van der Waals surface area contributed by atoms with E-state index in [9.17, 15) is 13.0 Å². The zero-order valence-electron chi connectivity index (χ0n) is 15.0. The largest absolute Gasteiger partial charge is 0.435 e. The Morgan fingerprint density at radius 1 is 1.11 bits per heavy atom. The summed E-state index contributed by atoms with van der Waals surface area (Å²) in [7, 11) is -1.35. The average Bonchev–Trinajstić information content (AvgIpc) is 2.66. The molecule has 27 heavy (non-hydrogen) atoms. The predicted molar refractivity (Wildman–Crippen MR) is 95.2 cm³/mol. The van der Waals surface area contributed by atoms with E-state index in [0.717, 1.165) is 39.1 Å². The van der Waals surface area contributed by atoms with E-state index in [4.69, 9.17) is 9.47 Å². The van der Waals surface area contributed by atoms with Crippen LogP contribution in [0.25, 0.3) is 0 Å². The van der Waals surface area contributed by atoms with Gasteiger partial charge in [-0.2, -0.15) is 8.78 Å². The van der Waals surface area contributed by atoms with Gasteiger partial charge in [-0.3, -0.25) is 4.90 Å². The maximum Gasteiger partial charge on any atom is 0.387 e. The van der Waals surface area contributed by atoms with Gasteiger partial charge in [0.25, 0.3) is 0 Å². The molecule has 9 heteroatoms. The first-order valence-electron chi connectivity index (χ1n) is 9.22. The van der Waals surface area contributed by atoms with E-state index in [2.05, 4.69) is 9.64 Å². The number of nitrogens with zero attached hydrogens (tertiary/aromatic N) is 2. The van der Waals surface area contributed by atoms with Crippen LogP contribution >= 0.6 is 0 Å². The summed E-state index contributed by atoms with van der Waals surface area (Å²) in [6.45, 7) is 2.21. The summed E-state index contributed by atoms with van der Waals surface area (Å²) in [6.07, 6.45) is 2.11. The highest BCUT2D eigenvalue weighted by Crippen LogP contribution is 2.34. The van der Waals surface area contributed by atoms with Crippen molar-refractivity contribution in [3.05, 3.63) is 24.3 Å². The second-order valence-electron chi connectivity index (χ2n) is 7.24. The van der Waals surface area contributed by atoms with Crippen molar-refractivity contribution in [1.82, 2.24) is 9.21 Å². The van der Waals surface area contributed by atoms with E-state index in [1.165, 1.54) is 12.1 Å². The first kappa shape index (κ1) is 19.2. The molecule has 3 fully saturated rings. The lowest BCUT2D eigenvalue weighted by molar-refractivity contribution is -0.187. The van der Waals surface area contributed by atoms with Gasteiger partial charge in [0, 0.05) is 45.4 Å². The molecular formula is C18H24F2N2O4S. The maximum absolute atomic E-state index is 12.9. The van der Waals surface area contributed by atoms with Gasteiger partial charge in [-0.15, -0.1) is 0 Å². The number of morpholine rings is 1. The highest BCUT2D eigenvalue weighted by atomic mass is 32.2. The molecule has 1 unspecified atom stereocenters. The first-order valence-corrected chi connectivity index (χ1v) is 10.3. The Balaban J connectivity index is 1.35. The van der Waals surface area contributed by atoms with Crippen molar-refractivity contribution in [2.24, 2.45) is 0 Å². The van der Waals surface area contributed by atoms with Gasteiger partial charge in [0.15, 0.2) is 0 Å². The van der Waals surface area contributed by atoms with Crippen molar-refractivity contribution in [2.75, 3.05) is 46.0 Å². The monoisotopic (exact) mass is 402 g/mol. The van der Waals surface area contributed by atoms with Crippen LogP contribution in [-0.4, -0.2) is 77.7 Å². The predicted octanol–water partition coefficient (Wildman–Crippen LogP) is 1.88. The molecule has 0 radical (unpaired) electrons. The Labute approximate surface area is 159 Å². The van der Waals surface area contributed by atoms with Crippen LogP contribution < -0.4 is 4.74 Å². The van der Waals surface area contributed by atoms with Gasteiger partial charge in [-0.1, -0.05) is 0 Å². The molecule has 0 bridgehead atoms. The third-order valence-corrected chi connectivity index (χ3v) is 6.84.